The molecule has 80 valence electrons. The van der Waals surface area contributed by atoms with E-state index in [1.165, 1.54) is 12.8 Å². The number of nitrogens with two attached hydrogens (primary N) is 1. The Bertz CT molecular complexity index is 109. The van der Waals surface area contributed by atoms with Gasteiger partial charge in [-0.2, -0.15) is 0 Å². The Morgan fingerprint density at radius 2 is 2.08 bits per heavy atom. The molecule has 0 saturated heterocycles. The fraction of sp³-hybridized carbons (Fsp3) is 1.00. The zero-order valence-electron chi connectivity index (χ0n) is 9.18. The minimum Gasteiger partial charge on any atom is -0.380 e. The third-order valence-corrected chi connectivity index (χ3v) is 2.23. The highest BCUT2D eigenvalue weighted by Crippen LogP contribution is 2.12. The summed E-state index contributed by atoms with van der Waals surface area (Å²) in [6, 6.07) is 0.307. The summed E-state index contributed by atoms with van der Waals surface area (Å²) in [7, 11) is 0. The Kier molecular flexibility index (Phi) is 8.40. The second-order valence-electron chi connectivity index (χ2n) is 3.65. The summed E-state index contributed by atoms with van der Waals surface area (Å²) in [4.78, 5) is 0. The number of ether oxygens (including phenoxy) is 1. The monoisotopic (exact) mass is 188 g/mol. The maximum absolute atomic E-state index is 5.43. The summed E-state index contributed by atoms with van der Waals surface area (Å²) in [6.07, 6.45) is 3.61. The number of hydrazine groups is 1. The summed E-state index contributed by atoms with van der Waals surface area (Å²) in [5.74, 6) is 6.16. The summed E-state index contributed by atoms with van der Waals surface area (Å²) in [6.45, 7) is 7.97. The standard InChI is InChI=1S/C10H24N2O/c1-4-6-9(3)7-10(12-11)8-13-5-2/h9-10,12H,4-8,11H2,1-3H3. The molecular weight excluding hydrogens is 164 g/mol. The van der Waals surface area contributed by atoms with Gasteiger partial charge in [0.1, 0.15) is 0 Å². The van der Waals surface area contributed by atoms with Crippen LogP contribution in [0.25, 0.3) is 0 Å². The first kappa shape index (κ1) is 12.9. The molecule has 0 aliphatic carbocycles. The van der Waals surface area contributed by atoms with Crippen molar-refractivity contribution < 1.29 is 4.74 Å². The van der Waals surface area contributed by atoms with Crippen molar-refractivity contribution in [1.29, 1.82) is 0 Å². The van der Waals surface area contributed by atoms with E-state index in [-0.39, 0.29) is 0 Å². The summed E-state index contributed by atoms with van der Waals surface area (Å²) in [5, 5.41) is 0. The molecule has 0 aromatic carbocycles. The van der Waals surface area contributed by atoms with E-state index in [9.17, 15) is 0 Å². The van der Waals surface area contributed by atoms with Gasteiger partial charge in [0.2, 0.25) is 0 Å². The minimum atomic E-state index is 0.307. The van der Waals surface area contributed by atoms with Crippen LogP contribution in [-0.2, 0) is 4.74 Å². The molecule has 3 N–H and O–H groups in total. The Hall–Kier alpha value is -0.120. The quantitative estimate of drug-likeness (QED) is 0.450. The third kappa shape index (κ3) is 6.99. The highest BCUT2D eigenvalue weighted by molar-refractivity contribution is 4.66. The molecule has 0 spiro atoms. The van der Waals surface area contributed by atoms with Crippen molar-refractivity contribution in [3.63, 3.8) is 0 Å². The molecule has 2 atom stereocenters. The Morgan fingerprint density at radius 1 is 1.38 bits per heavy atom. The summed E-state index contributed by atoms with van der Waals surface area (Å²) in [5.41, 5.74) is 2.80. The molecule has 0 amide bonds. The van der Waals surface area contributed by atoms with Crippen molar-refractivity contribution in [3.8, 4) is 0 Å². The average Bonchev–Trinajstić information content (AvgIpc) is 2.12. The zero-order chi connectivity index (χ0) is 10.1. The largest absolute Gasteiger partial charge is 0.380 e. The van der Waals surface area contributed by atoms with Crippen LogP contribution in [0.4, 0.5) is 0 Å². The maximum Gasteiger partial charge on any atom is 0.0633 e. The van der Waals surface area contributed by atoms with Crippen molar-refractivity contribution >= 4 is 0 Å². The molecule has 0 aliphatic rings. The van der Waals surface area contributed by atoms with E-state index < -0.39 is 0 Å². The van der Waals surface area contributed by atoms with Crippen LogP contribution >= 0.6 is 0 Å². The second-order valence-corrected chi connectivity index (χ2v) is 3.65. The number of hydrogen-bond donors (Lipinski definition) is 2. The van der Waals surface area contributed by atoms with Gasteiger partial charge >= 0.3 is 0 Å². The highest BCUT2D eigenvalue weighted by Gasteiger charge is 2.10. The van der Waals surface area contributed by atoms with Gasteiger partial charge in [0.15, 0.2) is 0 Å². The van der Waals surface area contributed by atoms with Crippen LogP contribution in [0.15, 0.2) is 0 Å². The predicted molar refractivity (Wildman–Crippen MR) is 56.3 cm³/mol. The normalized spacial score (nSPS) is 15.7. The molecule has 0 bridgehead atoms. The van der Waals surface area contributed by atoms with Crippen LogP contribution in [0.1, 0.15) is 40.0 Å². The van der Waals surface area contributed by atoms with Gasteiger partial charge in [-0.25, -0.2) is 0 Å². The topological polar surface area (TPSA) is 47.3 Å². The van der Waals surface area contributed by atoms with Crippen LogP contribution in [0.3, 0.4) is 0 Å². The van der Waals surface area contributed by atoms with Crippen molar-refractivity contribution in [2.24, 2.45) is 11.8 Å². The Morgan fingerprint density at radius 3 is 2.54 bits per heavy atom. The van der Waals surface area contributed by atoms with Crippen LogP contribution in [0, 0.1) is 5.92 Å². The molecule has 2 unspecified atom stereocenters. The first-order valence-corrected chi connectivity index (χ1v) is 5.28. The molecular formula is C10H24N2O. The average molecular weight is 188 g/mol. The number of rotatable bonds is 8. The molecule has 0 aliphatic heterocycles. The van der Waals surface area contributed by atoms with Gasteiger partial charge < -0.3 is 4.74 Å². The first-order chi connectivity index (χ1) is 6.24. The van der Waals surface area contributed by atoms with Crippen LogP contribution in [0.2, 0.25) is 0 Å². The lowest BCUT2D eigenvalue weighted by molar-refractivity contribution is 0.114. The van der Waals surface area contributed by atoms with Gasteiger partial charge in [0, 0.05) is 12.6 Å². The summed E-state index contributed by atoms with van der Waals surface area (Å²) < 4.78 is 5.32. The SMILES string of the molecule is CCCC(C)CC(COCC)NN. The molecule has 0 aromatic heterocycles. The fourth-order valence-electron chi connectivity index (χ4n) is 1.54. The van der Waals surface area contributed by atoms with Crippen LogP contribution < -0.4 is 11.3 Å². The van der Waals surface area contributed by atoms with E-state index in [1.54, 1.807) is 0 Å². The van der Waals surface area contributed by atoms with Gasteiger partial charge in [-0.05, 0) is 19.3 Å². The van der Waals surface area contributed by atoms with Gasteiger partial charge in [-0.3, -0.25) is 11.3 Å². The Labute approximate surface area is 82.0 Å². The number of nitrogens with one attached hydrogen (secondary N) is 1. The maximum atomic E-state index is 5.43. The lowest BCUT2D eigenvalue weighted by atomic mass is 9.98. The molecule has 0 radical (unpaired) electrons. The minimum absolute atomic E-state index is 0.307. The van der Waals surface area contributed by atoms with Crippen LogP contribution in [0.5, 0.6) is 0 Å². The van der Waals surface area contributed by atoms with Gasteiger partial charge in [-0.15, -0.1) is 0 Å². The van der Waals surface area contributed by atoms with Gasteiger partial charge in [0.25, 0.3) is 0 Å². The Balaban J connectivity index is 3.56. The van der Waals surface area contributed by atoms with E-state index in [0.717, 1.165) is 25.6 Å². The van der Waals surface area contributed by atoms with E-state index in [4.69, 9.17) is 10.6 Å². The predicted octanol–water partition coefficient (Wildman–Crippen LogP) is 1.68. The first-order valence-electron chi connectivity index (χ1n) is 5.28. The fourth-order valence-corrected chi connectivity index (χ4v) is 1.54. The van der Waals surface area contributed by atoms with E-state index in [1.807, 2.05) is 6.92 Å². The molecule has 13 heavy (non-hydrogen) atoms. The van der Waals surface area contributed by atoms with Gasteiger partial charge in [0.05, 0.1) is 6.61 Å². The van der Waals surface area contributed by atoms with E-state index in [2.05, 4.69) is 19.3 Å². The summed E-state index contributed by atoms with van der Waals surface area (Å²) >= 11 is 0. The smallest absolute Gasteiger partial charge is 0.0633 e. The van der Waals surface area contributed by atoms with Crippen molar-refractivity contribution in [2.75, 3.05) is 13.2 Å². The van der Waals surface area contributed by atoms with Crippen molar-refractivity contribution in [2.45, 2.75) is 46.1 Å². The second kappa shape index (κ2) is 8.48. The lowest BCUT2D eigenvalue weighted by Crippen LogP contribution is -2.39. The van der Waals surface area contributed by atoms with E-state index in [0.29, 0.717) is 6.04 Å². The van der Waals surface area contributed by atoms with Crippen molar-refractivity contribution in [3.05, 3.63) is 0 Å². The lowest BCUT2D eigenvalue weighted by Gasteiger charge is -2.19. The molecule has 0 saturated carbocycles. The molecule has 3 heteroatoms. The molecule has 3 nitrogen and oxygen atoms in total. The number of hydrogen-bond acceptors (Lipinski definition) is 3. The highest BCUT2D eigenvalue weighted by atomic mass is 16.5. The zero-order valence-corrected chi connectivity index (χ0v) is 9.18. The van der Waals surface area contributed by atoms with E-state index >= 15 is 0 Å². The molecule has 0 aromatic rings. The van der Waals surface area contributed by atoms with Gasteiger partial charge in [-0.1, -0.05) is 26.7 Å². The third-order valence-electron chi connectivity index (χ3n) is 2.23. The van der Waals surface area contributed by atoms with Crippen molar-refractivity contribution in [1.82, 2.24) is 5.43 Å². The molecule has 0 heterocycles. The van der Waals surface area contributed by atoms with Crippen LogP contribution in [-0.4, -0.2) is 19.3 Å². The molecule has 0 fully saturated rings. The molecule has 0 rings (SSSR count).